The van der Waals surface area contributed by atoms with Crippen molar-refractivity contribution in [2.24, 2.45) is 0 Å². The van der Waals surface area contributed by atoms with Crippen molar-refractivity contribution in [2.45, 2.75) is 26.2 Å². The lowest BCUT2D eigenvalue weighted by molar-refractivity contribution is -0.139. The van der Waals surface area contributed by atoms with Crippen molar-refractivity contribution in [3.05, 3.63) is 21.5 Å². The minimum absolute atomic E-state index is 0.0800. The van der Waals surface area contributed by atoms with Gasteiger partial charge in [0, 0.05) is 0 Å². The van der Waals surface area contributed by atoms with Crippen molar-refractivity contribution in [3.8, 4) is 0 Å². The Balaban J connectivity index is 2.77. The lowest BCUT2D eigenvalue weighted by Gasteiger charge is -2.24. The van der Waals surface area contributed by atoms with Gasteiger partial charge in [0.05, 0.1) is 6.61 Å². The average molecular weight is 280 g/mol. The van der Waals surface area contributed by atoms with E-state index in [1.807, 2.05) is 6.92 Å². The van der Waals surface area contributed by atoms with E-state index in [-0.39, 0.29) is 6.61 Å². The Bertz CT molecular complexity index is 410. The van der Waals surface area contributed by atoms with Crippen LogP contribution in [0.3, 0.4) is 0 Å². The molecule has 1 heterocycles. The van der Waals surface area contributed by atoms with E-state index < -0.39 is 38.1 Å². The first-order valence-corrected chi connectivity index (χ1v) is 6.90. The summed E-state index contributed by atoms with van der Waals surface area (Å²) in [5, 5.41) is 25.5. The molecule has 0 aromatic heterocycles. The molecular formula is C10H16O7S. The number of unbranched alkanes of at least 4 members (excludes halogenated alkanes) is 2. The fourth-order valence-corrected chi connectivity index (χ4v) is 2.37. The highest BCUT2D eigenvalue weighted by Crippen LogP contribution is 2.60. The molecule has 0 unspecified atom stereocenters. The van der Waals surface area contributed by atoms with Gasteiger partial charge in [-0.25, -0.2) is 4.79 Å². The molecule has 0 atom stereocenters. The molecule has 0 aliphatic carbocycles. The summed E-state index contributed by atoms with van der Waals surface area (Å²) < 4.78 is 23.3. The number of rotatable bonds is 5. The Labute approximate surface area is 105 Å². The molecule has 1 rings (SSSR count). The van der Waals surface area contributed by atoms with Crippen molar-refractivity contribution in [1.82, 2.24) is 0 Å². The lowest BCUT2D eigenvalue weighted by Crippen LogP contribution is -2.11. The average Bonchev–Trinajstić information content (AvgIpc) is 2.46. The number of carbonyl (C=O) groups excluding carboxylic acids is 1. The summed E-state index contributed by atoms with van der Waals surface area (Å²) in [5.41, 5.74) is -0.802. The van der Waals surface area contributed by atoms with Crippen molar-refractivity contribution in [3.63, 3.8) is 0 Å². The van der Waals surface area contributed by atoms with E-state index in [4.69, 9.17) is 4.74 Å². The molecule has 0 aromatic carbocycles. The van der Waals surface area contributed by atoms with Crippen LogP contribution in [0.15, 0.2) is 21.5 Å². The van der Waals surface area contributed by atoms with E-state index in [0.29, 0.717) is 6.42 Å². The summed E-state index contributed by atoms with van der Waals surface area (Å²) in [6, 6.07) is 0. The van der Waals surface area contributed by atoms with Gasteiger partial charge in [0.1, 0.15) is 0 Å². The van der Waals surface area contributed by atoms with Crippen LogP contribution >= 0.6 is 10.6 Å². The molecule has 0 bridgehead atoms. The number of aliphatic hydroxyl groups is 3. The molecule has 7 nitrogen and oxygen atoms in total. The Morgan fingerprint density at radius 1 is 1.17 bits per heavy atom. The standard InChI is InChI=1S/C10H16O7S/c1-2-3-4-5-17-8(12)6-7(11)10(14)18(15,16)9(6)13/h11,13-16H,2-5H2,1H3. The third kappa shape index (κ3) is 2.55. The molecule has 0 saturated heterocycles. The van der Waals surface area contributed by atoms with Gasteiger partial charge in [-0.1, -0.05) is 30.4 Å². The second-order valence-electron chi connectivity index (χ2n) is 3.73. The highest BCUT2D eigenvalue weighted by molar-refractivity contribution is 8.30. The van der Waals surface area contributed by atoms with E-state index in [9.17, 15) is 29.2 Å². The maximum absolute atomic E-state index is 11.5. The van der Waals surface area contributed by atoms with E-state index in [1.54, 1.807) is 0 Å². The molecule has 0 fully saturated rings. The molecule has 104 valence electrons. The molecule has 0 spiro atoms. The monoisotopic (exact) mass is 280 g/mol. The fraction of sp³-hybridized carbons (Fsp3) is 0.500. The second kappa shape index (κ2) is 5.51. The van der Waals surface area contributed by atoms with Crippen LogP contribution in [-0.2, 0) is 9.53 Å². The number of ether oxygens (including phenoxy) is 1. The number of esters is 1. The van der Waals surface area contributed by atoms with Crippen molar-refractivity contribution < 1.29 is 34.0 Å². The lowest BCUT2D eigenvalue weighted by atomic mass is 10.2. The van der Waals surface area contributed by atoms with Gasteiger partial charge in [0.15, 0.2) is 11.3 Å². The molecule has 5 N–H and O–H groups in total. The van der Waals surface area contributed by atoms with Gasteiger partial charge in [0.2, 0.25) is 5.09 Å². The minimum atomic E-state index is -4.06. The van der Waals surface area contributed by atoms with Gasteiger partial charge in [0.25, 0.3) is 5.09 Å². The fourth-order valence-electron chi connectivity index (χ4n) is 1.35. The molecule has 1 aliphatic heterocycles. The first-order valence-electron chi connectivity index (χ1n) is 5.35. The zero-order chi connectivity index (χ0) is 13.9. The van der Waals surface area contributed by atoms with Crippen molar-refractivity contribution in [1.29, 1.82) is 0 Å². The Kier molecular flexibility index (Phi) is 4.49. The third-order valence-corrected chi connectivity index (χ3v) is 3.85. The first-order chi connectivity index (χ1) is 8.34. The van der Waals surface area contributed by atoms with E-state index in [2.05, 4.69) is 0 Å². The third-order valence-electron chi connectivity index (χ3n) is 2.38. The maximum Gasteiger partial charge on any atom is 0.347 e. The van der Waals surface area contributed by atoms with E-state index in [1.165, 1.54) is 0 Å². The van der Waals surface area contributed by atoms with Crippen LogP contribution in [0, 0.1) is 0 Å². The minimum Gasteiger partial charge on any atom is -0.503 e. The molecule has 0 aromatic rings. The zero-order valence-electron chi connectivity index (χ0n) is 9.79. The highest BCUT2D eigenvalue weighted by atomic mass is 32.3. The van der Waals surface area contributed by atoms with Gasteiger partial charge in [-0.2, -0.15) is 0 Å². The van der Waals surface area contributed by atoms with Gasteiger partial charge in [-0.15, -0.1) is 0 Å². The number of hydrogen-bond donors (Lipinski definition) is 5. The topological polar surface area (TPSA) is 127 Å². The summed E-state index contributed by atoms with van der Waals surface area (Å²) >= 11 is 0. The predicted octanol–water partition coefficient (Wildman–Crippen LogP) is 2.54. The van der Waals surface area contributed by atoms with E-state index >= 15 is 0 Å². The Morgan fingerprint density at radius 3 is 2.22 bits per heavy atom. The van der Waals surface area contributed by atoms with Gasteiger partial charge < -0.3 is 20.1 Å². The van der Waals surface area contributed by atoms with Gasteiger partial charge >= 0.3 is 5.97 Å². The molecule has 1 aliphatic rings. The van der Waals surface area contributed by atoms with Gasteiger partial charge in [-0.05, 0) is 6.42 Å². The summed E-state index contributed by atoms with van der Waals surface area (Å²) in [7, 11) is -4.06. The predicted molar refractivity (Wildman–Crippen MR) is 65.3 cm³/mol. The molecule has 0 radical (unpaired) electrons. The maximum atomic E-state index is 11.5. The Hall–Kier alpha value is -1.38. The number of hydrogen-bond acceptors (Lipinski definition) is 7. The number of carbonyl (C=O) groups is 1. The van der Waals surface area contributed by atoms with Crippen molar-refractivity contribution in [2.75, 3.05) is 6.61 Å². The summed E-state index contributed by atoms with van der Waals surface area (Å²) in [5.74, 6) is -2.17. The van der Waals surface area contributed by atoms with Crippen LogP contribution in [-0.4, -0.2) is 37.0 Å². The highest BCUT2D eigenvalue weighted by Gasteiger charge is 2.43. The van der Waals surface area contributed by atoms with Crippen LogP contribution in [0.2, 0.25) is 0 Å². The molecular weight excluding hydrogens is 264 g/mol. The van der Waals surface area contributed by atoms with Crippen LogP contribution < -0.4 is 0 Å². The van der Waals surface area contributed by atoms with Crippen LogP contribution in [0.1, 0.15) is 26.2 Å². The largest absolute Gasteiger partial charge is 0.503 e. The second-order valence-corrected chi connectivity index (χ2v) is 5.60. The summed E-state index contributed by atoms with van der Waals surface area (Å²) in [4.78, 5) is 11.5. The van der Waals surface area contributed by atoms with Crippen molar-refractivity contribution >= 4 is 16.6 Å². The van der Waals surface area contributed by atoms with Crippen LogP contribution in [0.25, 0.3) is 0 Å². The quantitative estimate of drug-likeness (QED) is 0.386. The summed E-state index contributed by atoms with van der Waals surface area (Å²) in [6.07, 6.45) is 2.39. The molecule has 8 heteroatoms. The smallest absolute Gasteiger partial charge is 0.347 e. The molecule has 0 amide bonds. The Morgan fingerprint density at radius 2 is 1.78 bits per heavy atom. The SMILES string of the molecule is CCCCCOC(=O)C1=C(O)S(O)(O)C(O)=C1O. The molecule has 18 heavy (non-hydrogen) atoms. The first kappa shape index (κ1) is 14.7. The molecule has 0 saturated carbocycles. The van der Waals surface area contributed by atoms with Crippen LogP contribution in [0.5, 0.6) is 0 Å². The summed E-state index contributed by atoms with van der Waals surface area (Å²) in [6.45, 7) is 2.05. The normalized spacial score (nSPS) is 20.2. The van der Waals surface area contributed by atoms with Crippen LogP contribution in [0.4, 0.5) is 0 Å². The zero-order valence-corrected chi connectivity index (χ0v) is 10.6. The number of aliphatic hydroxyl groups excluding tert-OH is 3. The van der Waals surface area contributed by atoms with E-state index in [0.717, 1.165) is 12.8 Å². The van der Waals surface area contributed by atoms with Gasteiger partial charge in [-0.3, -0.25) is 9.11 Å².